The topological polar surface area (TPSA) is 63.2 Å². The van der Waals surface area contributed by atoms with Crippen LogP contribution in [0.3, 0.4) is 0 Å². The maximum Gasteiger partial charge on any atom is 2.00 e. The van der Waals surface area contributed by atoms with Gasteiger partial charge in [-0.1, -0.05) is 0 Å². The molecule has 0 N–H and O–H groups in total. The van der Waals surface area contributed by atoms with Crippen molar-refractivity contribution in [1.82, 2.24) is 0 Å². The van der Waals surface area contributed by atoms with Crippen LogP contribution in [0.1, 0.15) is 0 Å². The zero-order chi connectivity index (χ0) is 3.58. The van der Waals surface area contributed by atoms with E-state index in [4.69, 9.17) is 15.0 Å². The standard InChI is InChI=1S/CH2O3.2FH.2Mn/c2-1(3)4;;;;/h(H2,2,3,4);2*1H;;/q;;;2*+2/p-4. The third-order valence-electron chi connectivity index (χ3n) is 0. The van der Waals surface area contributed by atoms with E-state index in [2.05, 4.69) is 0 Å². The Kier molecular flexibility index (Phi) is 142. The van der Waals surface area contributed by atoms with Crippen LogP contribution >= 0.6 is 0 Å². The van der Waals surface area contributed by atoms with Crippen LogP contribution in [0.5, 0.6) is 0 Å². The first-order valence-corrected chi connectivity index (χ1v) is 0.612. The molecule has 0 aliphatic rings. The summed E-state index contributed by atoms with van der Waals surface area (Å²) in [4.78, 5) is 8.33. The Balaban J connectivity index is -0.00000000750. The predicted octanol–water partition coefficient (Wildman–Crippen LogP) is -8.44. The zero-order valence-corrected chi connectivity index (χ0v) is 5.60. The minimum Gasteiger partial charge on any atom is -1.00 e. The third kappa shape index (κ3) is 5770. The van der Waals surface area contributed by atoms with E-state index >= 15 is 0 Å². The number of rotatable bonds is 0. The van der Waals surface area contributed by atoms with E-state index in [1.165, 1.54) is 0 Å². The SMILES string of the molecule is O=C([O-])[O-].[F-].[F-].[Mn+2].[Mn+2]. The molecule has 0 amide bonds. The fraction of sp³-hybridized carbons (Fsp3) is 0. The van der Waals surface area contributed by atoms with Gasteiger partial charge in [-0.15, -0.1) is 0 Å². The second-order valence-electron chi connectivity index (χ2n) is 0.250. The third-order valence-corrected chi connectivity index (χ3v) is 0. The summed E-state index contributed by atoms with van der Waals surface area (Å²) < 4.78 is 0. The molecule has 2 radical (unpaired) electrons. The number of carbonyl (C=O) groups is 1. The summed E-state index contributed by atoms with van der Waals surface area (Å²) in [5.74, 6) is 0. The Morgan fingerprint density at radius 1 is 1.00 bits per heavy atom. The second kappa shape index (κ2) is 27.2. The first kappa shape index (κ1) is 41.8. The van der Waals surface area contributed by atoms with E-state index in [0.29, 0.717) is 0 Å². The van der Waals surface area contributed by atoms with Gasteiger partial charge in [0.1, 0.15) is 0 Å². The largest absolute Gasteiger partial charge is 2.00 e. The summed E-state index contributed by atoms with van der Waals surface area (Å²) in [7, 11) is 0. The Morgan fingerprint density at radius 3 is 1.00 bits per heavy atom. The average molecular weight is 208 g/mol. The molecule has 0 aromatic heterocycles. The van der Waals surface area contributed by atoms with Gasteiger partial charge in [0.15, 0.2) is 0 Å². The van der Waals surface area contributed by atoms with Gasteiger partial charge < -0.3 is 24.4 Å². The molecule has 0 heterocycles. The van der Waals surface area contributed by atoms with Crippen LogP contribution in [-0.4, -0.2) is 6.16 Å². The number of hydrogen-bond acceptors (Lipinski definition) is 3. The monoisotopic (exact) mass is 208 g/mol. The Morgan fingerprint density at radius 2 is 1.00 bits per heavy atom. The van der Waals surface area contributed by atoms with Crippen LogP contribution in [0.15, 0.2) is 0 Å². The normalized spacial score (nSPS) is 3.00. The van der Waals surface area contributed by atoms with Crippen LogP contribution in [0.25, 0.3) is 0 Å². The van der Waals surface area contributed by atoms with Gasteiger partial charge in [-0.2, -0.15) is 0 Å². The minimum atomic E-state index is -2.33. The molecular weight excluding hydrogens is 208 g/mol. The number of carbonyl (C=O) groups excluding carboxylic acids is 1. The Labute approximate surface area is 65.1 Å². The molecule has 50 valence electrons. The van der Waals surface area contributed by atoms with E-state index in [0.717, 1.165) is 0 Å². The summed E-state index contributed by atoms with van der Waals surface area (Å²) in [6.45, 7) is 0. The molecule has 7 heteroatoms. The molecule has 0 aromatic carbocycles. The maximum atomic E-state index is 8.33. The molecule has 0 bridgehead atoms. The average Bonchev–Trinajstić information content (AvgIpc) is 0.811. The molecule has 0 spiro atoms. The number of hydrogen-bond donors (Lipinski definition) is 0. The quantitative estimate of drug-likeness (QED) is 0.371. The van der Waals surface area contributed by atoms with Gasteiger partial charge in [0.25, 0.3) is 0 Å². The van der Waals surface area contributed by atoms with E-state index in [1.807, 2.05) is 0 Å². The van der Waals surface area contributed by atoms with Gasteiger partial charge in [-0.25, -0.2) is 0 Å². The molecule has 0 aliphatic heterocycles. The fourth-order valence-corrected chi connectivity index (χ4v) is 0. The van der Waals surface area contributed by atoms with Crippen molar-refractivity contribution in [2.75, 3.05) is 0 Å². The number of halogens is 2. The van der Waals surface area contributed by atoms with Crippen molar-refractivity contribution in [3.63, 3.8) is 0 Å². The van der Waals surface area contributed by atoms with Crippen molar-refractivity contribution in [3.8, 4) is 0 Å². The van der Waals surface area contributed by atoms with Crippen molar-refractivity contribution in [2.24, 2.45) is 0 Å². The summed E-state index contributed by atoms with van der Waals surface area (Å²) in [6.07, 6.45) is -2.33. The van der Waals surface area contributed by atoms with Crippen molar-refractivity contribution in [2.45, 2.75) is 0 Å². The van der Waals surface area contributed by atoms with Crippen molar-refractivity contribution >= 4 is 6.16 Å². The van der Waals surface area contributed by atoms with Crippen molar-refractivity contribution in [1.29, 1.82) is 0 Å². The molecule has 0 fully saturated rings. The predicted molar refractivity (Wildman–Crippen MR) is 5.40 cm³/mol. The van der Waals surface area contributed by atoms with Gasteiger partial charge in [0, 0.05) is 0 Å². The molecule has 0 rings (SSSR count). The van der Waals surface area contributed by atoms with Crippen LogP contribution in [-0.2, 0) is 34.1 Å². The molecule has 0 saturated carbocycles. The molecular formula is CF2Mn2O3. The summed E-state index contributed by atoms with van der Waals surface area (Å²) in [5, 5.41) is 16.7. The molecule has 0 aliphatic carbocycles. The molecule has 0 unspecified atom stereocenters. The van der Waals surface area contributed by atoms with Crippen molar-refractivity contribution in [3.05, 3.63) is 0 Å². The van der Waals surface area contributed by atoms with Gasteiger partial charge in [0.2, 0.25) is 0 Å². The van der Waals surface area contributed by atoms with Gasteiger partial charge in [-0.05, 0) is 6.16 Å². The van der Waals surface area contributed by atoms with E-state index in [9.17, 15) is 0 Å². The minimum absolute atomic E-state index is 0. The summed E-state index contributed by atoms with van der Waals surface area (Å²) >= 11 is 0. The van der Waals surface area contributed by atoms with Gasteiger partial charge >= 0.3 is 34.1 Å². The zero-order valence-electron chi connectivity index (χ0n) is 3.24. The molecule has 3 nitrogen and oxygen atoms in total. The summed E-state index contributed by atoms with van der Waals surface area (Å²) in [6, 6.07) is 0. The summed E-state index contributed by atoms with van der Waals surface area (Å²) in [5.41, 5.74) is 0. The van der Waals surface area contributed by atoms with Crippen LogP contribution < -0.4 is 19.6 Å². The van der Waals surface area contributed by atoms with Crippen LogP contribution in [0.2, 0.25) is 0 Å². The molecule has 0 atom stereocenters. The molecule has 8 heavy (non-hydrogen) atoms. The van der Waals surface area contributed by atoms with Crippen LogP contribution in [0.4, 0.5) is 4.79 Å². The van der Waals surface area contributed by atoms with E-state index in [1.54, 1.807) is 0 Å². The molecule has 0 aromatic rings. The second-order valence-corrected chi connectivity index (χ2v) is 0.250. The van der Waals surface area contributed by atoms with Crippen LogP contribution in [0, 0.1) is 0 Å². The Hall–Kier alpha value is 0.169. The van der Waals surface area contributed by atoms with Crippen molar-refractivity contribution < 1.29 is 58.6 Å². The van der Waals surface area contributed by atoms with E-state index < -0.39 is 6.16 Å². The first-order chi connectivity index (χ1) is 1.73. The smallest absolute Gasteiger partial charge is 1.00 e. The first-order valence-electron chi connectivity index (χ1n) is 0.612. The van der Waals surface area contributed by atoms with E-state index in [-0.39, 0.29) is 43.5 Å². The van der Waals surface area contributed by atoms with Gasteiger partial charge in [-0.3, -0.25) is 0 Å². The Bertz CT molecular complexity index is 38.3. The van der Waals surface area contributed by atoms with Gasteiger partial charge in [0.05, 0.1) is 0 Å². The fourth-order valence-electron chi connectivity index (χ4n) is 0. The molecule has 0 saturated heterocycles. The maximum absolute atomic E-state index is 8.33. The number of carboxylic acid groups (broad SMARTS) is 2.